The first kappa shape index (κ1) is 23.1. The van der Waals surface area contributed by atoms with Crippen LogP contribution in [0.15, 0.2) is 27.7 Å². The maximum Gasteiger partial charge on any atom is 0.307 e. The molecule has 0 aromatic heterocycles. The predicted molar refractivity (Wildman–Crippen MR) is 108 cm³/mol. The Morgan fingerprint density at radius 3 is 2.75 bits per heavy atom. The van der Waals surface area contributed by atoms with E-state index in [1.54, 1.807) is 6.07 Å². The molecule has 2 N–H and O–H groups in total. The van der Waals surface area contributed by atoms with Gasteiger partial charge in [0.1, 0.15) is 5.82 Å². The number of carbonyl (C=O) groups is 1. The van der Waals surface area contributed by atoms with E-state index in [2.05, 4.69) is 36.3 Å². The summed E-state index contributed by atoms with van der Waals surface area (Å²) in [7, 11) is 1.36. The van der Waals surface area contributed by atoms with Crippen LogP contribution in [0.3, 0.4) is 0 Å². The van der Waals surface area contributed by atoms with E-state index in [1.165, 1.54) is 13.2 Å². The van der Waals surface area contributed by atoms with Gasteiger partial charge in [0.05, 0.1) is 13.5 Å². The van der Waals surface area contributed by atoms with Crippen LogP contribution in [0.5, 0.6) is 0 Å². The van der Waals surface area contributed by atoms with Gasteiger partial charge in [0.25, 0.3) is 0 Å². The second kappa shape index (κ2) is 13.4. The van der Waals surface area contributed by atoms with Gasteiger partial charge in [0, 0.05) is 24.1 Å². The minimum atomic E-state index is -0.265. The number of nitrogens with one attached hydrogen (secondary N) is 2. The largest absolute Gasteiger partial charge is 0.469 e. The summed E-state index contributed by atoms with van der Waals surface area (Å²) < 4.78 is 19.0. The lowest BCUT2D eigenvalue weighted by molar-refractivity contribution is -0.140. The lowest BCUT2D eigenvalue weighted by Gasteiger charge is -2.10. The maximum atomic E-state index is 13.7. The van der Waals surface area contributed by atoms with Gasteiger partial charge in [-0.15, -0.1) is 24.0 Å². The fourth-order valence-corrected chi connectivity index (χ4v) is 2.24. The Labute approximate surface area is 168 Å². The van der Waals surface area contributed by atoms with Crippen molar-refractivity contribution in [2.24, 2.45) is 4.99 Å². The van der Waals surface area contributed by atoms with Gasteiger partial charge in [-0.1, -0.05) is 22.0 Å². The molecule has 0 heterocycles. The molecule has 0 saturated carbocycles. The van der Waals surface area contributed by atoms with Crippen LogP contribution in [0.2, 0.25) is 0 Å². The molecular weight excluding hydrogens is 492 g/mol. The Kier molecular flexibility index (Phi) is 12.9. The highest BCUT2D eigenvalue weighted by Gasteiger charge is 2.04. The highest BCUT2D eigenvalue weighted by molar-refractivity contribution is 14.0. The van der Waals surface area contributed by atoms with Crippen molar-refractivity contribution in [3.8, 4) is 0 Å². The summed E-state index contributed by atoms with van der Waals surface area (Å²) in [5, 5.41) is 6.16. The van der Waals surface area contributed by atoms with Crippen molar-refractivity contribution in [2.45, 2.75) is 26.2 Å². The van der Waals surface area contributed by atoms with Gasteiger partial charge in [-0.25, -0.2) is 4.39 Å². The number of ether oxygens (including phenoxy) is 1. The van der Waals surface area contributed by atoms with E-state index in [4.69, 9.17) is 0 Å². The average molecular weight is 516 g/mol. The zero-order chi connectivity index (χ0) is 17.1. The van der Waals surface area contributed by atoms with Crippen LogP contribution in [0.25, 0.3) is 0 Å². The van der Waals surface area contributed by atoms with Crippen molar-refractivity contribution >= 4 is 51.8 Å². The third kappa shape index (κ3) is 9.41. The number of aliphatic imine (C=N–C) groups is 1. The van der Waals surface area contributed by atoms with E-state index in [0.29, 0.717) is 31.0 Å². The van der Waals surface area contributed by atoms with Gasteiger partial charge in [-0.2, -0.15) is 0 Å². The minimum absolute atomic E-state index is 0. The van der Waals surface area contributed by atoms with E-state index in [1.807, 2.05) is 13.0 Å². The molecule has 0 spiro atoms. The molecule has 136 valence electrons. The van der Waals surface area contributed by atoms with Gasteiger partial charge >= 0.3 is 5.97 Å². The van der Waals surface area contributed by atoms with Crippen LogP contribution >= 0.6 is 39.9 Å². The molecule has 0 bridgehead atoms. The molecule has 8 heteroatoms. The van der Waals surface area contributed by atoms with Crippen LogP contribution in [-0.4, -0.2) is 38.7 Å². The fraction of sp³-hybridized carbons (Fsp3) is 0.500. The first-order valence-corrected chi connectivity index (χ1v) is 8.39. The summed E-state index contributed by atoms with van der Waals surface area (Å²) >= 11 is 3.24. The summed E-state index contributed by atoms with van der Waals surface area (Å²) in [5.74, 6) is 0.179. The number of aryl methyl sites for hydroxylation is 1. The van der Waals surface area contributed by atoms with E-state index in [-0.39, 0.29) is 42.2 Å². The summed E-state index contributed by atoms with van der Waals surface area (Å²) in [6, 6.07) is 5.08. The van der Waals surface area contributed by atoms with Crippen molar-refractivity contribution in [3.05, 3.63) is 34.1 Å². The number of methoxy groups -OCH3 is 1. The van der Waals surface area contributed by atoms with Crippen molar-refractivity contribution in [1.29, 1.82) is 0 Å². The summed E-state index contributed by atoms with van der Waals surface area (Å²) in [5.41, 5.74) is 0.687. The van der Waals surface area contributed by atoms with Crippen molar-refractivity contribution in [3.63, 3.8) is 0 Å². The van der Waals surface area contributed by atoms with Gasteiger partial charge in [0.15, 0.2) is 5.96 Å². The Morgan fingerprint density at radius 1 is 1.38 bits per heavy atom. The molecule has 0 amide bonds. The van der Waals surface area contributed by atoms with Crippen LogP contribution in [0.1, 0.15) is 25.3 Å². The Morgan fingerprint density at radius 2 is 2.12 bits per heavy atom. The molecular formula is C16H24BrFIN3O2. The first-order valence-electron chi connectivity index (χ1n) is 7.59. The number of carbonyl (C=O) groups excluding carboxylic acids is 1. The van der Waals surface area contributed by atoms with Crippen LogP contribution in [0, 0.1) is 5.82 Å². The number of hydrogen-bond acceptors (Lipinski definition) is 3. The average Bonchev–Trinajstić information content (AvgIpc) is 2.52. The van der Waals surface area contributed by atoms with Crippen LogP contribution < -0.4 is 10.6 Å². The minimum Gasteiger partial charge on any atom is -0.469 e. The van der Waals surface area contributed by atoms with Gasteiger partial charge in [0.2, 0.25) is 0 Å². The molecule has 0 aliphatic heterocycles. The number of benzene rings is 1. The monoisotopic (exact) mass is 515 g/mol. The van der Waals surface area contributed by atoms with Crippen molar-refractivity contribution in [2.75, 3.05) is 26.7 Å². The van der Waals surface area contributed by atoms with Gasteiger partial charge < -0.3 is 15.4 Å². The number of rotatable bonds is 8. The molecule has 1 rings (SSSR count). The van der Waals surface area contributed by atoms with E-state index >= 15 is 0 Å². The van der Waals surface area contributed by atoms with Gasteiger partial charge in [-0.05, 0) is 37.5 Å². The number of hydrogen-bond donors (Lipinski definition) is 2. The lowest BCUT2D eigenvalue weighted by atomic mass is 10.1. The smallest absolute Gasteiger partial charge is 0.307 e. The molecule has 0 atom stereocenters. The summed E-state index contributed by atoms with van der Waals surface area (Å²) in [4.78, 5) is 15.5. The molecule has 24 heavy (non-hydrogen) atoms. The number of nitrogens with zero attached hydrogens (tertiary/aromatic N) is 1. The van der Waals surface area contributed by atoms with Crippen LogP contribution in [-0.2, 0) is 16.0 Å². The molecule has 5 nitrogen and oxygen atoms in total. The van der Waals surface area contributed by atoms with Gasteiger partial charge in [-0.3, -0.25) is 9.79 Å². The first-order chi connectivity index (χ1) is 11.1. The third-order valence-electron chi connectivity index (χ3n) is 3.08. The number of guanidine groups is 1. The van der Waals surface area contributed by atoms with Crippen molar-refractivity contribution in [1.82, 2.24) is 10.6 Å². The standard InChI is InChI=1S/C16H23BrFN3O2.HI/c1-3-19-16(21-10-8-15(22)23-2)20-9-4-5-12-6-7-13(17)11-14(12)18;/h6-7,11H,3-5,8-10H2,1-2H3,(H2,19,20,21);1H. The third-order valence-corrected chi connectivity index (χ3v) is 3.58. The number of halogens is 3. The Hall–Kier alpha value is -0.900. The lowest BCUT2D eigenvalue weighted by Crippen LogP contribution is -2.38. The second-order valence-electron chi connectivity index (χ2n) is 4.85. The Balaban J connectivity index is 0.00000529. The molecule has 0 radical (unpaired) electrons. The van der Waals surface area contributed by atoms with Crippen LogP contribution in [0.4, 0.5) is 4.39 Å². The molecule has 0 unspecified atom stereocenters. The summed E-state index contributed by atoms with van der Waals surface area (Å²) in [6.07, 6.45) is 1.65. The fourth-order valence-electron chi connectivity index (χ4n) is 1.91. The van der Waals surface area contributed by atoms with E-state index in [0.717, 1.165) is 17.4 Å². The highest BCUT2D eigenvalue weighted by Crippen LogP contribution is 2.16. The number of esters is 1. The molecule has 1 aromatic carbocycles. The zero-order valence-electron chi connectivity index (χ0n) is 13.9. The predicted octanol–water partition coefficient (Wildman–Crippen LogP) is 3.26. The molecule has 0 aliphatic carbocycles. The quantitative estimate of drug-likeness (QED) is 0.183. The molecule has 0 saturated heterocycles. The molecule has 0 aliphatic rings. The highest BCUT2D eigenvalue weighted by atomic mass is 127. The molecule has 1 aromatic rings. The topological polar surface area (TPSA) is 62.7 Å². The normalized spacial score (nSPS) is 10.8. The second-order valence-corrected chi connectivity index (χ2v) is 5.77. The van der Waals surface area contributed by atoms with E-state index < -0.39 is 0 Å². The summed E-state index contributed by atoms with van der Waals surface area (Å²) in [6.45, 7) is 3.73. The maximum absolute atomic E-state index is 13.7. The molecule has 0 fully saturated rings. The zero-order valence-corrected chi connectivity index (χ0v) is 17.8. The van der Waals surface area contributed by atoms with Crippen molar-refractivity contribution < 1.29 is 13.9 Å². The SMILES string of the molecule is CCNC(=NCCCc1ccc(Br)cc1F)NCCC(=O)OC.I. The van der Waals surface area contributed by atoms with E-state index in [9.17, 15) is 9.18 Å². The Bertz CT molecular complexity index is 544.